The van der Waals surface area contributed by atoms with Crippen LogP contribution in [-0.2, 0) is 28.8 Å². The van der Waals surface area contributed by atoms with Crippen LogP contribution in [-0.4, -0.2) is 64.8 Å². The molecule has 0 aliphatic rings. The Balaban J connectivity index is 5.54. The molecule has 0 aromatic heterocycles. The van der Waals surface area contributed by atoms with E-state index in [0.717, 1.165) is 0 Å². The highest BCUT2D eigenvalue weighted by Gasteiger charge is 2.32. The number of hydrogen-bond donors (Lipinski definition) is 7. The Kier molecular flexibility index (Phi) is 12.7. The van der Waals surface area contributed by atoms with Crippen molar-refractivity contribution in [3.63, 3.8) is 0 Å². The molecule has 0 aliphatic carbocycles. The van der Waals surface area contributed by atoms with Crippen molar-refractivity contribution in [2.45, 2.75) is 77.5 Å². The average Bonchev–Trinajstić information content (AvgIpc) is 2.64. The lowest BCUT2D eigenvalue weighted by atomic mass is 10.0. The fourth-order valence-corrected chi connectivity index (χ4v) is 2.95. The fourth-order valence-electron chi connectivity index (χ4n) is 2.95. The Morgan fingerprint density at radius 3 is 1.36 bits per heavy atom. The van der Waals surface area contributed by atoms with E-state index in [1.807, 2.05) is 13.8 Å². The summed E-state index contributed by atoms with van der Waals surface area (Å²) in [6.07, 6.45) is -0.819. The minimum atomic E-state index is -1.54. The number of carboxylic acid groups (broad SMARTS) is 1. The van der Waals surface area contributed by atoms with E-state index in [0.29, 0.717) is 6.42 Å². The number of hydrogen-bond acceptors (Lipinski definition) is 7. The number of primary amides is 2. The fraction of sp³-hybridized carbons (Fsp3) is 0.700. The van der Waals surface area contributed by atoms with E-state index >= 15 is 0 Å². The summed E-state index contributed by atoms with van der Waals surface area (Å²) in [4.78, 5) is 71.9. The lowest BCUT2D eigenvalue weighted by Crippen LogP contribution is -2.58. The maximum absolute atomic E-state index is 12.7. The van der Waals surface area contributed by atoms with Gasteiger partial charge in [-0.1, -0.05) is 27.7 Å². The van der Waals surface area contributed by atoms with Gasteiger partial charge >= 0.3 is 5.97 Å². The van der Waals surface area contributed by atoms with Crippen LogP contribution in [0.4, 0.5) is 0 Å². The SMILES string of the molecule is CC(C)CC(N)C(=O)NC(CC(N)=O)C(=O)NC(CC(N)=O)C(=O)NC(CC(C)C)C(=O)O. The van der Waals surface area contributed by atoms with E-state index < -0.39 is 72.5 Å². The molecule has 33 heavy (non-hydrogen) atoms. The predicted molar refractivity (Wildman–Crippen MR) is 118 cm³/mol. The Bertz CT molecular complexity index is 740. The normalized spacial score (nSPS) is 14.6. The largest absolute Gasteiger partial charge is 0.480 e. The summed E-state index contributed by atoms with van der Waals surface area (Å²) in [7, 11) is 0. The average molecular weight is 473 g/mol. The maximum atomic E-state index is 12.7. The highest BCUT2D eigenvalue weighted by atomic mass is 16.4. The second-order valence-corrected chi connectivity index (χ2v) is 8.73. The van der Waals surface area contributed by atoms with Gasteiger partial charge < -0.3 is 38.3 Å². The van der Waals surface area contributed by atoms with Crippen LogP contribution in [0.2, 0.25) is 0 Å². The highest BCUT2D eigenvalue weighted by molar-refractivity contribution is 5.97. The van der Waals surface area contributed by atoms with Crippen molar-refractivity contribution in [2.24, 2.45) is 29.0 Å². The number of carbonyl (C=O) groups excluding carboxylic acids is 5. The lowest BCUT2D eigenvalue weighted by Gasteiger charge is -2.25. The van der Waals surface area contributed by atoms with Crippen LogP contribution in [0.5, 0.6) is 0 Å². The van der Waals surface area contributed by atoms with Crippen molar-refractivity contribution in [3.8, 4) is 0 Å². The van der Waals surface area contributed by atoms with Gasteiger partial charge in [0.2, 0.25) is 29.5 Å². The predicted octanol–water partition coefficient (Wildman–Crippen LogP) is -2.30. The first kappa shape index (κ1) is 29.8. The van der Waals surface area contributed by atoms with Crippen molar-refractivity contribution in [2.75, 3.05) is 0 Å². The van der Waals surface area contributed by atoms with E-state index in [1.165, 1.54) is 0 Å². The molecule has 4 unspecified atom stereocenters. The van der Waals surface area contributed by atoms with Crippen molar-refractivity contribution < 1.29 is 33.9 Å². The van der Waals surface area contributed by atoms with Gasteiger partial charge in [-0.2, -0.15) is 0 Å². The van der Waals surface area contributed by atoms with Crippen LogP contribution in [0.25, 0.3) is 0 Å². The molecule has 0 spiro atoms. The molecule has 0 bridgehead atoms. The number of amides is 5. The molecule has 5 amide bonds. The Hall–Kier alpha value is -3.22. The molecule has 0 aromatic carbocycles. The molecule has 0 heterocycles. The maximum Gasteiger partial charge on any atom is 0.326 e. The van der Waals surface area contributed by atoms with Crippen LogP contribution in [0.1, 0.15) is 53.4 Å². The van der Waals surface area contributed by atoms with Gasteiger partial charge in [-0.3, -0.25) is 24.0 Å². The van der Waals surface area contributed by atoms with E-state index in [9.17, 15) is 33.9 Å². The van der Waals surface area contributed by atoms with Crippen molar-refractivity contribution in [1.29, 1.82) is 0 Å². The first-order chi connectivity index (χ1) is 15.1. The van der Waals surface area contributed by atoms with Gasteiger partial charge in [0.15, 0.2) is 0 Å². The summed E-state index contributed by atoms with van der Waals surface area (Å²) in [5.74, 6) is -5.78. The van der Waals surface area contributed by atoms with Crippen LogP contribution in [0, 0.1) is 11.8 Å². The third-order valence-electron chi connectivity index (χ3n) is 4.46. The molecule has 13 nitrogen and oxygen atoms in total. The number of aliphatic carboxylic acids is 1. The van der Waals surface area contributed by atoms with E-state index in [2.05, 4.69) is 16.0 Å². The third-order valence-corrected chi connectivity index (χ3v) is 4.46. The number of rotatable bonds is 15. The van der Waals surface area contributed by atoms with Gasteiger partial charge in [0, 0.05) is 0 Å². The number of nitrogens with two attached hydrogens (primary N) is 3. The second kappa shape index (κ2) is 14.0. The van der Waals surface area contributed by atoms with Gasteiger partial charge in [0.25, 0.3) is 0 Å². The molecule has 0 rings (SSSR count). The molecule has 0 aliphatic heterocycles. The van der Waals surface area contributed by atoms with Gasteiger partial charge in [0.05, 0.1) is 18.9 Å². The van der Waals surface area contributed by atoms with E-state index in [1.54, 1.807) is 13.8 Å². The minimum Gasteiger partial charge on any atom is -0.480 e. The smallest absolute Gasteiger partial charge is 0.326 e. The zero-order chi connectivity index (χ0) is 25.9. The van der Waals surface area contributed by atoms with Gasteiger partial charge in [-0.25, -0.2) is 4.79 Å². The number of carbonyl (C=O) groups is 6. The van der Waals surface area contributed by atoms with Crippen LogP contribution < -0.4 is 33.2 Å². The van der Waals surface area contributed by atoms with E-state index in [-0.39, 0.29) is 18.3 Å². The lowest BCUT2D eigenvalue weighted by molar-refractivity contribution is -0.143. The van der Waals surface area contributed by atoms with Gasteiger partial charge in [-0.05, 0) is 24.7 Å². The Morgan fingerprint density at radius 1 is 0.667 bits per heavy atom. The Morgan fingerprint density at radius 2 is 1.03 bits per heavy atom. The molecule has 188 valence electrons. The molecule has 0 aromatic rings. The second-order valence-electron chi connectivity index (χ2n) is 8.73. The quantitative estimate of drug-likeness (QED) is 0.136. The van der Waals surface area contributed by atoms with Crippen molar-refractivity contribution >= 4 is 35.5 Å². The van der Waals surface area contributed by atoms with Crippen LogP contribution >= 0.6 is 0 Å². The van der Waals surface area contributed by atoms with Crippen molar-refractivity contribution in [1.82, 2.24) is 16.0 Å². The topological polar surface area (TPSA) is 237 Å². The first-order valence-electron chi connectivity index (χ1n) is 10.6. The number of carboxylic acids is 1. The molecular weight excluding hydrogens is 436 g/mol. The summed E-state index contributed by atoms with van der Waals surface area (Å²) >= 11 is 0. The highest BCUT2D eigenvalue weighted by Crippen LogP contribution is 2.07. The molecule has 4 atom stereocenters. The molecule has 0 fully saturated rings. The van der Waals surface area contributed by atoms with Crippen LogP contribution in [0.15, 0.2) is 0 Å². The minimum absolute atomic E-state index is 0.0687. The molecule has 0 radical (unpaired) electrons. The zero-order valence-corrected chi connectivity index (χ0v) is 19.4. The Labute approximate surface area is 192 Å². The van der Waals surface area contributed by atoms with Crippen molar-refractivity contribution in [3.05, 3.63) is 0 Å². The zero-order valence-electron chi connectivity index (χ0n) is 19.4. The van der Waals surface area contributed by atoms with Gasteiger partial charge in [0.1, 0.15) is 18.1 Å². The number of nitrogens with one attached hydrogen (secondary N) is 3. The monoisotopic (exact) mass is 472 g/mol. The summed E-state index contributed by atoms with van der Waals surface area (Å²) in [6, 6.07) is -5.23. The molecular formula is C20H36N6O7. The first-order valence-corrected chi connectivity index (χ1v) is 10.6. The standard InChI is InChI=1S/C20H36N6O7/c1-9(2)5-11(21)17(29)24-12(7-15(22)27)18(30)25-13(8-16(23)28)19(31)26-14(20(32)33)6-10(3)4/h9-14H,5-8,21H2,1-4H3,(H2,22,27)(H2,23,28)(H,24,29)(H,25,30)(H,26,31)(H,32,33). The van der Waals surface area contributed by atoms with Crippen LogP contribution in [0.3, 0.4) is 0 Å². The van der Waals surface area contributed by atoms with Gasteiger partial charge in [-0.15, -0.1) is 0 Å². The summed E-state index contributed by atoms with van der Waals surface area (Å²) < 4.78 is 0. The molecule has 0 saturated carbocycles. The summed E-state index contributed by atoms with van der Waals surface area (Å²) in [6.45, 7) is 7.20. The molecule has 0 saturated heterocycles. The third kappa shape index (κ3) is 12.4. The summed E-state index contributed by atoms with van der Waals surface area (Å²) in [5.41, 5.74) is 16.1. The molecule has 10 N–H and O–H groups in total. The summed E-state index contributed by atoms with van der Waals surface area (Å²) in [5, 5.41) is 16.1. The van der Waals surface area contributed by atoms with E-state index in [4.69, 9.17) is 17.2 Å². The molecule has 13 heteroatoms.